The molecule has 0 bridgehead atoms. The minimum absolute atomic E-state index is 0.0217. The lowest BCUT2D eigenvalue weighted by molar-refractivity contribution is -0.141. The van der Waals surface area contributed by atoms with Crippen LogP contribution in [0.25, 0.3) is 0 Å². The van der Waals surface area contributed by atoms with E-state index in [2.05, 4.69) is 44.5 Å². The molecule has 0 heterocycles. The monoisotopic (exact) mass is 504 g/mol. The second-order valence-electron chi connectivity index (χ2n) is 5.41. The van der Waals surface area contributed by atoms with E-state index in [9.17, 15) is 15.0 Å². The Balaban J connectivity index is 2.22. The van der Waals surface area contributed by atoms with Gasteiger partial charge in [-0.2, -0.15) is 12.6 Å². The summed E-state index contributed by atoms with van der Waals surface area (Å²) in [5.74, 6) is 0.0150. The highest BCUT2D eigenvalue weighted by Gasteiger charge is 2.27. The maximum absolute atomic E-state index is 11.3. The molecule has 8 heteroatoms. The van der Waals surface area contributed by atoms with Crippen molar-refractivity contribution in [2.75, 3.05) is 12.4 Å². The van der Waals surface area contributed by atoms with Crippen LogP contribution in [0, 0.1) is 0 Å². The molecule has 2 aromatic rings. The van der Waals surface area contributed by atoms with Gasteiger partial charge in [0.25, 0.3) is 0 Å². The molecule has 2 N–H and O–H groups in total. The standard InChI is InChI=1S/C18H18Br2O5S/c19-11-8-13(17(22)14(20)9-11)18(23)15(6-7-24-16(21)10-26)25-12-4-2-1-3-5-12/h1-5,8-9,15,18,22-23,26H,6-7,10H2/t15-,18-/m1/s1. The summed E-state index contributed by atoms with van der Waals surface area (Å²) in [7, 11) is 0. The minimum atomic E-state index is -1.14. The molecule has 0 spiro atoms. The van der Waals surface area contributed by atoms with Crippen molar-refractivity contribution in [3.05, 3.63) is 57.0 Å². The Morgan fingerprint density at radius 2 is 1.88 bits per heavy atom. The summed E-state index contributed by atoms with van der Waals surface area (Å²) >= 11 is 10.4. The molecular formula is C18H18Br2O5S. The number of ether oxygens (including phenoxy) is 2. The van der Waals surface area contributed by atoms with E-state index in [1.165, 1.54) is 0 Å². The zero-order valence-corrected chi connectivity index (χ0v) is 17.7. The molecule has 0 aliphatic carbocycles. The molecule has 140 valence electrons. The summed E-state index contributed by atoms with van der Waals surface area (Å²) in [4.78, 5) is 11.3. The number of aliphatic hydroxyl groups excluding tert-OH is 1. The number of halogens is 2. The molecular weight excluding hydrogens is 488 g/mol. The second kappa shape index (κ2) is 10.2. The number of thiol groups is 1. The minimum Gasteiger partial charge on any atom is -0.506 e. The fraction of sp³-hybridized carbons (Fsp3) is 0.278. The number of carbonyl (C=O) groups excluding carboxylic acids is 1. The number of rotatable bonds is 8. The Labute approximate surface area is 174 Å². The van der Waals surface area contributed by atoms with Gasteiger partial charge in [0.15, 0.2) is 0 Å². The predicted octanol–water partition coefficient (Wildman–Crippen LogP) is 4.26. The van der Waals surface area contributed by atoms with Crippen molar-refractivity contribution in [2.24, 2.45) is 0 Å². The lowest BCUT2D eigenvalue weighted by atomic mass is 10.0. The van der Waals surface area contributed by atoms with Crippen molar-refractivity contribution >= 4 is 50.5 Å². The first-order valence-electron chi connectivity index (χ1n) is 7.76. The highest BCUT2D eigenvalue weighted by Crippen LogP contribution is 2.37. The highest BCUT2D eigenvalue weighted by molar-refractivity contribution is 9.11. The maximum Gasteiger partial charge on any atom is 0.315 e. The first-order valence-corrected chi connectivity index (χ1v) is 9.98. The fourth-order valence-corrected chi connectivity index (χ4v) is 3.65. The molecule has 26 heavy (non-hydrogen) atoms. The van der Waals surface area contributed by atoms with Gasteiger partial charge >= 0.3 is 5.97 Å². The van der Waals surface area contributed by atoms with Crippen LogP contribution in [-0.2, 0) is 9.53 Å². The number of hydrogen-bond donors (Lipinski definition) is 3. The lowest BCUT2D eigenvalue weighted by Gasteiger charge is -2.25. The molecule has 0 aliphatic rings. The van der Waals surface area contributed by atoms with Gasteiger partial charge in [-0.25, -0.2) is 0 Å². The molecule has 2 rings (SSSR count). The third kappa shape index (κ3) is 5.90. The van der Waals surface area contributed by atoms with E-state index in [0.717, 1.165) is 0 Å². The normalized spacial score (nSPS) is 13.1. The number of esters is 1. The number of hydrogen-bond acceptors (Lipinski definition) is 6. The zero-order valence-electron chi connectivity index (χ0n) is 13.6. The number of aromatic hydroxyl groups is 1. The molecule has 5 nitrogen and oxygen atoms in total. The zero-order chi connectivity index (χ0) is 19.1. The van der Waals surface area contributed by atoms with Crippen LogP contribution in [0.4, 0.5) is 0 Å². The molecule has 0 saturated carbocycles. The van der Waals surface area contributed by atoms with E-state index < -0.39 is 18.2 Å². The van der Waals surface area contributed by atoms with E-state index in [0.29, 0.717) is 20.3 Å². The van der Waals surface area contributed by atoms with Gasteiger partial charge in [0.05, 0.1) is 16.8 Å². The quantitative estimate of drug-likeness (QED) is 0.369. The van der Waals surface area contributed by atoms with Crippen molar-refractivity contribution < 1.29 is 24.5 Å². The number of aliphatic hydroxyl groups is 1. The van der Waals surface area contributed by atoms with Crippen molar-refractivity contribution in [3.63, 3.8) is 0 Å². The van der Waals surface area contributed by atoms with E-state index in [-0.39, 0.29) is 24.5 Å². The number of phenolic OH excluding ortho intramolecular Hbond substituents is 1. The van der Waals surface area contributed by atoms with Crippen LogP contribution in [0.3, 0.4) is 0 Å². The Kier molecular flexibility index (Phi) is 8.27. The van der Waals surface area contributed by atoms with E-state index in [1.54, 1.807) is 24.3 Å². The average molecular weight is 506 g/mol. The van der Waals surface area contributed by atoms with Gasteiger partial charge in [0.2, 0.25) is 0 Å². The van der Waals surface area contributed by atoms with E-state index >= 15 is 0 Å². The predicted molar refractivity (Wildman–Crippen MR) is 109 cm³/mol. The van der Waals surface area contributed by atoms with Gasteiger partial charge < -0.3 is 19.7 Å². The summed E-state index contributed by atoms with van der Waals surface area (Å²) < 4.78 is 12.1. The molecule has 2 atom stereocenters. The van der Waals surface area contributed by atoms with Crippen molar-refractivity contribution in [3.8, 4) is 11.5 Å². The van der Waals surface area contributed by atoms with Crippen LogP contribution in [0.1, 0.15) is 18.1 Å². The Bertz CT molecular complexity index is 742. The Hall–Kier alpha value is -1.22. The van der Waals surface area contributed by atoms with Crippen molar-refractivity contribution in [1.29, 1.82) is 0 Å². The van der Waals surface area contributed by atoms with Crippen LogP contribution >= 0.6 is 44.5 Å². The molecule has 0 radical (unpaired) electrons. The van der Waals surface area contributed by atoms with Crippen LogP contribution < -0.4 is 4.74 Å². The number of para-hydroxylation sites is 1. The van der Waals surface area contributed by atoms with Gasteiger partial charge in [-0.1, -0.05) is 34.1 Å². The lowest BCUT2D eigenvalue weighted by Crippen LogP contribution is -2.28. The first-order chi connectivity index (χ1) is 12.4. The van der Waals surface area contributed by atoms with Gasteiger partial charge in [0, 0.05) is 16.5 Å². The molecule has 0 aromatic heterocycles. The SMILES string of the molecule is O=C(CS)OCC[C@@H](Oc1ccccc1)[C@H](O)c1cc(Br)cc(Br)c1O. The van der Waals surface area contributed by atoms with Gasteiger partial charge in [-0.15, -0.1) is 0 Å². The second-order valence-corrected chi connectivity index (χ2v) is 7.49. The molecule has 0 unspecified atom stereocenters. The molecule has 2 aromatic carbocycles. The average Bonchev–Trinajstić information content (AvgIpc) is 2.64. The third-order valence-electron chi connectivity index (χ3n) is 3.55. The molecule has 0 saturated heterocycles. The van der Waals surface area contributed by atoms with Crippen molar-refractivity contribution in [1.82, 2.24) is 0 Å². The fourth-order valence-electron chi connectivity index (χ4n) is 2.30. The summed E-state index contributed by atoms with van der Waals surface area (Å²) in [6.45, 7) is 0.0594. The van der Waals surface area contributed by atoms with Gasteiger partial charge in [-0.3, -0.25) is 4.79 Å². The molecule has 0 amide bonds. The third-order valence-corrected chi connectivity index (χ3v) is 4.87. The van der Waals surface area contributed by atoms with E-state index in [4.69, 9.17) is 9.47 Å². The largest absolute Gasteiger partial charge is 0.506 e. The van der Waals surface area contributed by atoms with Gasteiger partial charge in [0.1, 0.15) is 23.7 Å². The first kappa shape index (κ1) is 21.1. The Morgan fingerprint density at radius 3 is 2.54 bits per heavy atom. The summed E-state index contributed by atoms with van der Waals surface area (Å²) in [6, 6.07) is 12.3. The summed E-state index contributed by atoms with van der Waals surface area (Å²) in [6.07, 6.45) is -1.64. The topological polar surface area (TPSA) is 76.0 Å². The van der Waals surface area contributed by atoms with Crippen LogP contribution in [0.15, 0.2) is 51.4 Å². The maximum atomic E-state index is 11.3. The van der Waals surface area contributed by atoms with Gasteiger partial charge in [-0.05, 0) is 40.2 Å². The molecule has 0 aliphatic heterocycles. The van der Waals surface area contributed by atoms with E-state index in [1.807, 2.05) is 18.2 Å². The highest BCUT2D eigenvalue weighted by atomic mass is 79.9. The molecule has 0 fully saturated rings. The van der Waals surface area contributed by atoms with Crippen molar-refractivity contribution in [2.45, 2.75) is 18.6 Å². The Morgan fingerprint density at radius 1 is 1.19 bits per heavy atom. The number of benzene rings is 2. The number of phenols is 1. The summed E-state index contributed by atoms with van der Waals surface area (Å²) in [5, 5.41) is 21.1. The van der Waals surface area contributed by atoms with Crippen LogP contribution in [0.5, 0.6) is 11.5 Å². The summed E-state index contributed by atoms with van der Waals surface area (Å²) in [5.41, 5.74) is 0.299. The van der Waals surface area contributed by atoms with Crippen LogP contribution in [0.2, 0.25) is 0 Å². The smallest absolute Gasteiger partial charge is 0.315 e. The van der Waals surface area contributed by atoms with Crippen LogP contribution in [-0.4, -0.2) is 34.6 Å². The number of carbonyl (C=O) groups is 1.